The number of oxazole rings is 1. The van der Waals surface area contributed by atoms with Crippen molar-refractivity contribution in [2.24, 2.45) is 0 Å². The van der Waals surface area contributed by atoms with Crippen LogP contribution in [0.1, 0.15) is 29.1 Å². The van der Waals surface area contributed by atoms with Crippen LogP contribution in [0.2, 0.25) is 0 Å². The van der Waals surface area contributed by atoms with E-state index in [1.165, 1.54) is 0 Å². The number of benzene rings is 2. The summed E-state index contributed by atoms with van der Waals surface area (Å²) in [7, 11) is 0. The molecule has 1 saturated carbocycles. The Morgan fingerprint density at radius 3 is 2.88 bits per heavy atom. The molecule has 0 aliphatic heterocycles. The van der Waals surface area contributed by atoms with Crippen molar-refractivity contribution in [3.8, 4) is 0 Å². The van der Waals surface area contributed by atoms with E-state index >= 15 is 0 Å². The van der Waals surface area contributed by atoms with Crippen molar-refractivity contribution >= 4 is 27.9 Å². The average Bonchev–Trinajstić information content (AvgIpc) is 3.19. The largest absolute Gasteiger partial charge is 0.439 e. The Hall–Kier alpha value is -3.08. The van der Waals surface area contributed by atoms with Crippen molar-refractivity contribution in [1.29, 1.82) is 0 Å². The lowest BCUT2D eigenvalue weighted by molar-refractivity contribution is 0.0952. The molecule has 0 bridgehead atoms. The maximum atomic E-state index is 12.6. The van der Waals surface area contributed by atoms with Gasteiger partial charge < -0.3 is 14.3 Å². The molecule has 2 aromatic heterocycles. The highest BCUT2D eigenvalue weighted by molar-refractivity contribution is 6.06. The van der Waals surface area contributed by atoms with Gasteiger partial charge in [0.25, 0.3) is 5.91 Å². The zero-order chi connectivity index (χ0) is 16.8. The Labute approximate surface area is 144 Å². The fourth-order valence-corrected chi connectivity index (χ4v) is 3.20. The van der Waals surface area contributed by atoms with E-state index in [9.17, 15) is 4.79 Å². The minimum Gasteiger partial charge on any atom is -0.439 e. The zero-order valence-corrected chi connectivity index (χ0v) is 13.6. The molecule has 1 aliphatic carbocycles. The number of para-hydroxylation sites is 3. The first kappa shape index (κ1) is 14.3. The number of carbonyl (C=O) groups excluding carboxylic acids is 1. The quantitative estimate of drug-likeness (QED) is 0.620. The molecule has 0 spiro atoms. The van der Waals surface area contributed by atoms with E-state index < -0.39 is 0 Å². The van der Waals surface area contributed by atoms with Crippen molar-refractivity contribution < 1.29 is 9.21 Å². The van der Waals surface area contributed by atoms with Gasteiger partial charge >= 0.3 is 0 Å². The Kier molecular flexibility index (Phi) is 3.13. The third-order valence-electron chi connectivity index (χ3n) is 4.59. The van der Waals surface area contributed by atoms with E-state index in [1.54, 1.807) is 0 Å². The highest BCUT2D eigenvalue weighted by Gasteiger charge is 2.25. The predicted octanol–water partition coefficient (Wildman–Crippen LogP) is 3.72. The van der Waals surface area contributed by atoms with Gasteiger partial charge in [-0.25, -0.2) is 4.98 Å². The number of hydrogen-bond acceptors (Lipinski definition) is 3. The topological polar surface area (TPSA) is 60.1 Å². The van der Waals surface area contributed by atoms with Crippen molar-refractivity contribution in [3.63, 3.8) is 0 Å². The van der Waals surface area contributed by atoms with Crippen LogP contribution in [0.4, 0.5) is 0 Å². The number of nitrogens with one attached hydrogen (secondary N) is 1. The Morgan fingerprint density at radius 1 is 1.16 bits per heavy atom. The molecule has 0 unspecified atom stereocenters. The first-order chi connectivity index (χ1) is 12.3. The fraction of sp³-hybridized carbons (Fsp3) is 0.200. The summed E-state index contributed by atoms with van der Waals surface area (Å²) in [6, 6.07) is 15.9. The Morgan fingerprint density at radius 2 is 2.04 bits per heavy atom. The fourth-order valence-electron chi connectivity index (χ4n) is 3.20. The normalized spacial score (nSPS) is 14.2. The van der Waals surface area contributed by atoms with Crippen LogP contribution in [0.25, 0.3) is 22.0 Å². The van der Waals surface area contributed by atoms with Crippen LogP contribution in [-0.4, -0.2) is 21.5 Å². The van der Waals surface area contributed by atoms with E-state index in [0.29, 0.717) is 24.0 Å². The van der Waals surface area contributed by atoms with Crippen LogP contribution in [0.15, 0.2) is 59.1 Å². The van der Waals surface area contributed by atoms with Crippen LogP contribution >= 0.6 is 0 Å². The number of nitrogens with zero attached hydrogens (tertiary/aromatic N) is 2. The molecule has 5 nitrogen and oxygen atoms in total. The molecule has 2 heterocycles. The van der Waals surface area contributed by atoms with Gasteiger partial charge in [0.05, 0.1) is 17.6 Å². The summed E-state index contributed by atoms with van der Waals surface area (Å²) in [6.45, 7) is 0.492. The van der Waals surface area contributed by atoms with Gasteiger partial charge in [-0.2, -0.15) is 0 Å². The lowest BCUT2D eigenvalue weighted by Gasteiger charge is -2.09. The number of fused-ring (bicyclic) bond motifs is 2. The van der Waals surface area contributed by atoms with E-state index in [1.807, 2.05) is 59.3 Å². The standard InChI is InChI=1S/C20H17N3O2/c24-20(21-14-8-9-14)15-5-3-4-13-10-11-23(19(13)15)12-18-22-16-6-1-2-7-17(16)25-18/h1-7,10-11,14H,8-9,12H2,(H,21,24). The van der Waals surface area contributed by atoms with Crippen LogP contribution in [-0.2, 0) is 6.54 Å². The van der Waals surface area contributed by atoms with Crippen LogP contribution in [0.5, 0.6) is 0 Å². The first-order valence-electron chi connectivity index (χ1n) is 8.51. The molecule has 0 saturated heterocycles. The molecule has 25 heavy (non-hydrogen) atoms. The summed E-state index contributed by atoms with van der Waals surface area (Å²) in [5, 5.41) is 4.11. The van der Waals surface area contributed by atoms with Gasteiger partial charge in [-0.1, -0.05) is 24.3 Å². The van der Waals surface area contributed by atoms with E-state index in [4.69, 9.17) is 4.42 Å². The van der Waals surface area contributed by atoms with Gasteiger partial charge in [-0.15, -0.1) is 0 Å². The molecule has 0 radical (unpaired) electrons. The Balaban J connectivity index is 1.55. The second-order valence-electron chi connectivity index (χ2n) is 6.51. The molecular weight excluding hydrogens is 314 g/mol. The number of hydrogen-bond donors (Lipinski definition) is 1. The molecule has 0 atom stereocenters. The lowest BCUT2D eigenvalue weighted by atomic mass is 10.1. The van der Waals surface area contributed by atoms with Crippen LogP contribution < -0.4 is 5.32 Å². The summed E-state index contributed by atoms with van der Waals surface area (Å²) >= 11 is 0. The van der Waals surface area contributed by atoms with Crippen LogP contribution in [0.3, 0.4) is 0 Å². The van der Waals surface area contributed by atoms with E-state index in [2.05, 4.69) is 10.3 Å². The summed E-state index contributed by atoms with van der Waals surface area (Å²) in [5.41, 5.74) is 3.25. The van der Waals surface area contributed by atoms with Gasteiger partial charge in [-0.05, 0) is 37.1 Å². The van der Waals surface area contributed by atoms with Gasteiger partial charge in [0, 0.05) is 17.6 Å². The predicted molar refractivity (Wildman–Crippen MR) is 95.5 cm³/mol. The molecule has 4 aromatic rings. The molecule has 5 heteroatoms. The minimum atomic E-state index is -0.00869. The average molecular weight is 331 g/mol. The zero-order valence-electron chi connectivity index (χ0n) is 13.6. The van der Waals surface area contributed by atoms with Gasteiger partial charge in [0.15, 0.2) is 5.58 Å². The van der Waals surface area contributed by atoms with E-state index in [0.717, 1.165) is 34.8 Å². The minimum absolute atomic E-state index is 0.00869. The maximum absolute atomic E-state index is 12.6. The van der Waals surface area contributed by atoms with Crippen molar-refractivity contribution in [3.05, 3.63) is 66.2 Å². The second kappa shape index (κ2) is 5.48. The third kappa shape index (κ3) is 2.58. The molecule has 1 fully saturated rings. The molecule has 5 rings (SSSR count). The highest BCUT2D eigenvalue weighted by Crippen LogP contribution is 2.25. The number of carbonyl (C=O) groups is 1. The van der Waals surface area contributed by atoms with Crippen molar-refractivity contribution in [2.45, 2.75) is 25.4 Å². The second-order valence-corrected chi connectivity index (χ2v) is 6.51. The number of rotatable bonds is 4. The smallest absolute Gasteiger partial charge is 0.253 e. The molecule has 1 amide bonds. The SMILES string of the molecule is O=C(NC1CC1)c1cccc2ccn(Cc3nc4ccccc4o3)c12. The first-order valence-corrected chi connectivity index (χ1v) is 8.51. The molecule has 1 aliphatic rings. The number of aromatic nitrogens is 2. The summed E-state index contributed by atoms with van der Waals surface area (Å²) in [4.78, 5) is 17.1. The Bertz CT molecular complexity index is 1060. The molecule has 2 aromatic carbocycles. The monoisotopic (exact) mass is 331 g/mol. The maximum Gasteiger partial charge on any atom is 0.253 e. The summed E-state index contributed by atoms with van der Waals surface area (Å²) in [6.07, 6.45) is 4.13. The van der Waals surface area contributed by atoms with Crippen molar-refractivity contribution in [1.82, 2.24) is 14.9 Å². The summed E-state index contributed by atoms with van der Waals surface area (Å²) in [5.74, 6) is 0.627. The highest BCUT2D eigenvalue weighted by atomic mass is 16.3. The third-order valence-corrected chi connectivity index (χ3v) is 4.59. The van der Waals surface area contributed by atoms with Gasteiger partial charge in [-0.3, -0.25) is 4.79 Å². The molecular formula is C20H17N3O2. The van der Waals surface area contributed by atoms with E-state index in [-0.39, 0.29) is 5.91 Å². The molecule has 1 N–H and O–H groups in total. The molecule has 124 valence electrons. The summed E-state index contributed by atoms with van der Waals surface area (Å²) < 4.78 is 7.86. The number of amides is 1. The van der Waals surface area contributed by atoms with Crippen molar-refractivity contribution in [2.75, 3.05) is 0 Å². The van der Waals surface area contributed by atoms with Gasteiger partial charge in [0.2, 0.25) is 5.89 Å². The lowest BCUT2D eigenvalue weighted by Crippen LogP contribution is -2.26. The van der Waals surface area contributed by atoms with Gasteiger partial charge in [0.1, 0.15) is 5.52 Å². The van der Waals surface area contributed by atoms with Crippen LogP contribution in [0, 0.1) is 0 Å².